The zero-order valence-electron chi connectivity index (χ0n) is 14.0. The van der Waals surface area contributed by atoms with Gasteiger partial charge in [-0.1, -0.05) is 13.8 Å². The van der Waals surface area contributed by atoms with Gasteiger partial charge in [-0.2, -0.15) is 0 Å². The van der Waals surface area contributed by atoms with E-state index in [0.29, 0.717) is 29.5 Å². The van der Waals surface area contributed by atoms with Crippen LogP contribution >= 0.6 is 0 Å². The molecule has 0 fully saturated rings. The molecule has 0 saturated carbocycles. The number of ether oxygens (including phenoxy) is 2. The van der Waals surface area contributed by atoms with Crippen molar-refractivity contribution in [1.82, 2.24) is 5.32 Å². The molecule has 128 valence electrons. The van der Waals surface area contributed by atoms with E-state index in [9.17, 15) is 9.59 Å². The summed E-state index contributed by atoms with van der Waals surface area (Å²) >= 11 is 0. The zero-order valence-corrected chi connectivity index (χ0v) is 14.0. The Bertz CT molecular complexity index is 524. The van der Waals surface area contributed by atoms with Crippen LogP contribution in [0, 0.1) is 5.92 Å². The molecule has 1 aromatic rings. The molecule has 0 bridgehead atoms. The molecule has 4 N–H and O–H groups in total. The molecule has 0 unspecified atom stereocenters. The molecular weight excluding hydrogens is 298 g/mol. The first kappa shape index (κ1) is 18.8. The van der Waals surface area contributed by atoms with Crippen LogP contribution in [0.3, 0.4) is 0 Å². The first-order chi connectivity index (χ1) is 10.8. The van der Waals surface area contributed by atoms with E-state index in [2.05, 4.69) is 10.6 Å². The monoisotopic (exact) mass is 323 g/mol. The van der Waals surface area contributed by atoms with Gasteiger partial charge >= 0.3 is 0 Å². The molecule has 0 heterocycles. The number of rotatable bonds is 8. The molecule has 7 nitrogen and oxygen atoms in total. The molecule has 7 heteroatoms. The lowest BCUT2D eigenvalue weighted by Crippen LogP contribution is -2.44. The van der Waals surface area contributed by atoms with E-state index in [1.165, 1.54) is 14.2 Å². The number of nitrogens with one attached hydrogen (secondary N) is 2. The predicted octanol–water partition coefficient (Wildman–Crippen LogP) is 1.13. The Hall–Kier alpha value is -2.28. The highest BCUT2D eigenvalue weighted by atomic mass is 16.5. The van der Waals surface area contributed by atoms with Gasteiger partial charge in [-0.3, -0.25) is 9.59 Å². The van der Waals surface area contributed by atoms with Crippen molar-refractivity contribution in [2.75, 3.05) is 26.1 Å². The van der Waals surface area contributed by atoms with E-state index in [4.69, 9.17) is 15.2 Å². The van der Waals surface area contributed by atoms with Crippen LogP contribution in [0.15, 0.2) is 18.2 Å². The van der Waals surface area contributed by atoms with E-state index in [-0.39, 0.29) is 18.4 Å². The molecule has 1 rings (SSSR count). The van der Waals surface area contributed by atoms with Crippen LogP contribution in [0.1, 0.15) is 20.3 Å². The molecule has 0 spiro atoms. The quantitative estimate of drug-likeness (QED) is 0.665. The first-order valence-corrected chi connectivity index (χ1v) is 7.42. The molecule has 1 atom stereocenters. The largest absolute Gasteiger partial charge is 0.497 e. The van der Waals surface area contributed by atoms with Crippen molar-refractivity contribution >= 4 is 17.5 Å². The number of methoxy groups -OCH3 is 2. The summed E-state index contributed by atoms with van der Waals surface area (Å²) in [6.45, 7) is 3.82. The number of carbonyl (C=O) groups excluding carboxylic acids is 2. The smallest absolute Gasteiger partial charge is 0.243 e. The summed E-state index contributed by atoms with van der Waals surface area (Å²) in [7, 11) is 3.05. The van der Waals surface area contributed by atoms with Gasteiger partial charge in [0.15, 0.2) is 0 Å². The number of nitrogens with two attached hydrogens (primary N) is 1. The Morgan fingerprint density at radius 3 is 2.17 bits per heavy atom. The van der Waals surface area contributed by atoms with Crippen molar-refractivity contribution < 1.29 is 19.1 Å². The van der Waals surface area contributed by atoms with E-state index in [1.54, 1.807) is 18.2 Å². The maximum absolute atomic E-state index is 11.9. The van der Waals surface area contributed by atoms with Crippen LogP contribution in [0.5, 0.6) is 11.5 Å². The van der Waals surface area contributed by atoms with Crippen LogP contribution in [-0.4, -0.2) is 38.6 Å². The third-order valence-corrected chi connectivity index (χ3v) is 3.12. The van der Waals surface area contributed by atoms with Crippen LogP contribution in [0.4, 0.5) is 5.69 Å². The third kappa shape index (κ3) is 6.56. The van der Waals surface area contributed by atoms with E-state index >= 15 is 0 Å². The van der Waals surface area contributed by atoms with E-state index in [0.717, 1.165) is 0 Å². The van der Waals surface area contributed by atoms with Crippen molar-refractivity contribution in [3.8, 4) is 11.5 Å². The number of hydrogen-bond donors (Lipinski definition) is 3. The molecule has 0 aliphatic heterocycles. The molecule has 0 radical (unpaired) electrons. The van der Waals surface area contributed by atoms with Gasteiger partial charge in [-0.25, -0.2) is 0 Å². The maximum Gasteiger partial charge on any atom is 0.243 e. The highest BCUT2D eigenvalue weighted by molar-refractivity contribution is 5.95. The molecule has 2 amide bonds. The van der Waals surface area contributed by atoms with Crippen LogP contribution in [0.25, 0.3) is 0 Å². The van der Waals surface area contributed by atoms with Gasteiger partial charge in [0.25, 0.3) is 0 Å². The highest BCUT2D eigenvalue weighted by Gasteiger charge is 2.15. The van der Waals surface area contributed by atoms with Gasteiger partial charge in [-0.15, -0.1) is 0 Å². The molecule has 0 aromatic heterocycles. The minimum absolute atomic E-state index is 0.149. The average molecular weight is 323 g/mol. The fraction of sp³-hybridized carbons (Fsp3) is 0.500. The second-order valence-electron chi connectivity index (χ2n) is 5.60. The van der Waals surface area contributed by atoms with Crippen molar-refractivity contribution in [1.29, 1.82) is 0 Å². The second-order valence-corrected chi connectivity index (χ2v) is 5.60. The number of carbonyl (C=O) groups is 2. The number of anilines is 1. The SMILES string of the molecule is COc1cc(NC(=O)CNC(=O)[C@@H](N)CC(C)C)cc(OC)c1. The lowest BCUT2D eigenvalue weighted by atomic mass is 10.0. The summed E-state index contributed by atoms with van der Waals surface area (Å²) in [6.07, 6.45) is 0.570. The Morgan fingerprint density at radius 2 is 1.70 bits per heavy atom. The number of hydrogen-bond acceptors (Lipinski definition) is 5. The zero-order chi connectivity index (χ0) is 17.4. The van der Waals surface area contributed by atoms with Gasteiger partial charge in [0.05, 0.1) is 26.8 Å². The van der Waals surface area contributed by atoms with Gasteiger partial charge in [0, 0.05) is 23.9 Å². The lowest BCUT2D eigenvalue weighted by molar-refractivity contribution is -0.125. The number of amides is 2. The molecular formula is C16H25N3O4. The highest BCUT2D eigenvalue weighted by Crippen LogP contribution is 2.25. The minimum Gasteiger partial charge on any atom is -0.497 e. The fourth-order valence-corrected chi connectivity index (χ4v) is 2.00. The lowest BCUT2D eigenvalue weighted by Gasteiger charge is -2.14. The van der Waals surface area contributed by atoms with Gasteiger partial charge in [-0.05, 0) is 12.3 Å². The molecule has 0 aliphatic carbocycles. The summed E-state index contributed by atoms with van der Waals surface area (Å²) in [5.74, 6) is 0.738. The average Bonchev–Trinajstić information content (AvgIpc) is 2.51. The Balaban J connectivity index is 2.55. The van der Waals surface area contributed by atoms with Crippen molar-refractivity contribution in [2.45, 2.75) is 26.3 Å². The predicted molar refractivity (Wildman–Crippen MR) is 88.6 cm³/mol. The summed E-state index contributed by atoms with van der Waals surface area (Å²) < 4.78 is 10.3. The van der Waals surface area contributed by atoms with Gasteiger partial charge < -0.3 is 25.8 Å². The first-order valence-electron chi connectivity index (χ1n) is 7.42. The summed E-state index contributed by atoms with van der Waals surface area (Å²) in [5.41, 5.74) is 6.28. The van der Waals surface area contributed by atoms with Crippen molar-refractivity contribution in [2.24, 2.45) is 11.7 Å². The Labute approximate surface area is 136 Å². The normalized spacial score (nSPS) is 11.7. The minimum atomic E-state index is -0.611. The van der Waals surface area contributed by atoms with Crippen LogP contribution in [-0.2, 0) is 9.59 Å². The maximum atomic E-state index is 11.9. The molecule has 0 aliphatic rings. The van der Waals surface area contributed by atoms with Crippen LogP contribution in [0.2, 0.25) is 0 Å². The summed E-state index contributed by atoms with van der Waals surface area (Å²) in [5, 5.41) is 5.20. The summed E-state index contributed by atoms with van der Waals surface area (Å²) in [4.78, 5) is 23.7. The van der Waals surface area contributed by atoms with E-state index in [1.807, 2.05) is 13.8 Å². The molecule has 0 saturated heterocycles. The fourth-order valence-electron chi connectivity index (χ4n) is 2.00. The topological polar surface area (TPSA) is 103 Å². The molecule has 1 aromatic carbocycles. The number of benzene rings is 1. The Kier molecular flexibility index (Phi) is 7.34. The van der Waals surface area contributed by atoms with Gasteiger partial charge in [0.1, 0.15) is 11.5 Å². The second kappa shape index (κ2) is 8.99. The van der Waals surface area contributed by atoms with Crippen molar-refractivity contribution in [3.63, 3.8) is 0 Å². The summed E-state index contributed by atoms with van der Waals surface area (Å²) in [6, 6.07) is 4.40. The van der Waals surface area contributed by atoms with E-state index < -0.39 is 6.04 Å². The Morgan fingerprint density at radius 1 is 1.13 bits per heavy atom. The van der Waals surface area contributed by atoms with Crippen LogP contribution < -0.4 is 25.8 Å². The van der Waals surface area contributed by atoms with Gasteiger partial charge in [0.2, 0.25) is 11.8 Å². The third-order valence-electron chi connectivity index (χ3n) is 3.12. The van der Waals surface area contributed by atoms with Crippen molar-refractivity contribution in [3.05, 3.63) is 18.2 Å². The standard InChI is InChI=1S/C16H25N3O4/c1-10(2)5-14(17)16(21)18-9-15(20)19-11-6-12(22-3)8-13(7-11)23-4/h6-8,10,14H,5,9,17H2,1-4H3,(H,18,21)(H,19,20)/t14-/m0/s1. The molecule has 23 heavy (non-hydrogen) atoms.